The average molecular weight is 422 g/mol. The van der Waals surface area contributed by atoms with Crippen LogP contribution in [0.15, 0.2) is 42.5 Å². The van der Waals surface area contributed by atoms with Crippen molar-refractivity contribution in [3.63, 3.8) is 0 Å². The lowest BCUT2D eigenvalue weighted by molar-refractivity contribution is -0.139. The molecule has 0 aliphatic heterocycles. The quantitative estimate of drug-likeness (QED) is 0.460. The lowest BCUT2D eigenvalue weighted by atomic mass is 10.0. The van der Waals surface area contributed by atoms with Crippen LogP contribution in [0.2, 0.25) is 0 Å². The van der Waals surface area contributed by atoms with Gasteiger partial charge in [0.25, 0.3) is 0 Å². The van der Waals surface area contributed by atoms with Gasteiger partial charge in [-0.1, -0.05) is 56.3 Å². The van der Waals surface area contributed by atoms with Crippen molar-refractivity contribution in [2.45, 2.75) is 26.3 Å². The van der Waals surface area contributed by atoms with E-state index < -0.39 is 31.8 Å². The third kappa shape index (κ3) is 7.49. The summed E-state index contributed by atoms with van der Waals surface area (Å²) in [5, 5.41) is 14.1. The first kappa shape index (κ1) is 22.9. The van der Waals surface area contributed by atoms with Gasteiger partial charge >= 0.3 is 19.6 Å². The Bertz CT molecular complexity index is 911. The van der Waals surface area contributed by atoms with Crippen LogP contribution in [-0.2, 0) is 15.8 Å². The Morgan fingerprint density at radius 3 is 2.34 bits per heavy atom. The van der Waals surface area contributed by atoms with Crippen LogP contribution in [0.25, 0.3) is 10.8 Å². The minimum Gasteiger partial charge on any atom is -0.480 e. The molecule has 0 aliphatic rings. The maximum absolute atomic E-state index is 12.6. The molecule has 2 aromatic carbocycles. The molecule has 0 fully saturated rings. The van der Waals surface area contributed by atoms with Crippen molar-refractivity contribution < 1.29 is 29.0 Å². The number of carbonyl (C=O) groups excluding carboxylic acids is 1. The molecule has 0 heterocycles. The summed E-state index contributed by atoms with van der Waals surface area (Å²) in [6.45, 7) is 3.83. The van der Waals surface area contributed by atoms with Gasteiger partial charge in [0.2, 0.25) is 0 Å². The second kappa shape index (κ2) is 9.87. The summed E-state index contributed by atoms with van der Waals surface area (Å²) < 4.78 is 11.2. The lowest BCUT2D eigenvalue weighted by Gasteiger charge is -2.27. The highest BCUT2D eigenvalue weighted by molar-refractivity contribution is 7.51. The molecule has 2 amide bonds. The SMILES string of the molecule is CC(C)CN(CCP(=O)(O)O)C(=O)N[C@@H](Cc1ccc2ccccc2c1)C(=O)O. The standard InChI is InChI=1S/C20H27N2O6P/c1-14(2)13-22(9-10-29(26,27)28)20(25)21-18(19(23)24)12-15-7-8-16-5-3-4-6-17(16)11-15/h3-8,11,14,18H,9-10,12-13H2,1-2H3,(H,21,25)(H,23,24)(H2,26,27,28)/t18-/m0/s1. The van der Waals surface area contributed by atoms with E-state index in [9.17, 15) is 19.3 Å². The molecule has 0 radical (unpaired) electrons. The molecule has 0 saturated heterocycles. The molecule has 29 heavy (non-hydrogen) atoms. The fourth-order valence-corrected chi connectivity index (χ4v) is 3.51. The molecule has 158 valence electrons. The average Bonchev–Trinajstić information content (AvgIpc) is 2.63. The van der Waals surface area contributed by atoms with E-state index in [1.165, 1.54) is 4.90 Å². The van der Waals surface area contributed by atoms with Crippen molar-refractivity contribution in [3.8, 4) is 0 Å². The molecular weight excluding hydrogens is 395 g/mol. The number of nitrogens with zero attached hydrogens (tertiary/aromatic N) is 1. The minimum atomic E-state index is -4.27. The Labute approximate surface area is 169 Å². The maximum atomic E-state index is 12.6. The summed E-state index contributed by atoms with van der Waals surface area (Å²) in [5.74, 6) is -1.12. The monoisotopic (exact) mass is 422 g/mol. The topological polar surface area (TPSA) is 127 Å². The normalized spacial score (nSPS) is 12.7. The van der Waals surface area contributed by atoms with E-state index in [1.807, 2.05) is 56.3 Å². The molecule has 2 aromatic rings. The number of carboxylic acids is 1. The van der Waals surface area contributed by atoms with Gasteiger partial charge in [-0.3, -0.25) is 4.57 Å². The van der Waals surface area contributed by atoms with Gasteiger partial charge in [-0.05, 0) is 22.3 Å². The Kier molecular flexibility index (Phi) is 7.79. The van der Waals surface area contributed by atoms with Crippen LogP contribution in [0.1, 0.15) is 19.4 Å². The van der Waals surface area contributed by atoms with E-state index >= 15 is 0 Å². The van der Waals surface area contributed by atoms with Gasteiger partial charge in [0.1, 0.15) is 6.04 Å². The van der Waals surface area contributed by atoms with Crippen molar-refractivity contribution in [2.24, 2.45) is 5.92 Å². The maximum Gasteiger partial charge on any atom is 0.327 e. The van der Waals surface area contributed by atoms with E-state index in [1.54, 1.807) is 0 Å². The third-order valence-electron chi connectivity index (χ3n) is 4.38. The minimum absolute atomic E-state index is 0.0567. The van der Waals surface area contributed by atoms with Crippen LogP contribution in [-0.4, -0.2) is 57.1 Å². The Hall–Kier alpha value is -2.41. The highest BCUT2D eigenvalue weighted by atomic mass is 31.2. The number of rotatable bonds is 9. The number of hydrogen-bond acceptors (Lipinski definition) is 3. The van der Waals surface area contributed by atoms with E-state index in [0.717, 1.165) is 16.3 Å². The first-order valence-electron chi connectivity index (χ1n) is 9.35. The second-order valence-corrected chi connectivity index (χ2v) is 9.23. The number of fused-ring (bicyclic) bond motifs is 1. The molecule has 0 saturated carbocycles. The summed E-state index contributed by atoms with van der Waals surface area (Å²) in [6.07, 6.45) is -0.379. The third-order valence-corrected chi connectivity index (χ3v) is 5.17. The zero-order valence-corrected chi connectivity index (χ0v) is 17.4. The fraction of sp³-hybridized carbons (Fsp3) is 0.400. The van der Waals surface area contributed by atoms with Crippen molar-refractivity contribution >= 4 is 30.4 Å². The molecular formula is C20H27N2O6P. The van der Waals surface area contributed by atoms with Gasteiger partial charge < -0.3 is 25.1 Å². The van der Waals surface area contributed by atoms with Gasteiger partial charge in [-0.15, -0.1) is 0 Å². The molecule has 0 bridgehead atoms. The molecule has 8 nitrogen and oxygen atoms in total. The number of nitrogens with one attached hydrogen (secondary N) is 1. The van der Waals surface area contributed by atoms with Gasteiger partial charge in [-0.2, -0.15) is 0 Å². The van der Waals surface area contributed by atoms with E-state index in [2.05, 4.69) is 5.32 Å². The summed E-state index contributed by atoms with van der Waals surface area (Å²) in [4.78, 5) is 43.8. The van der Waals surface area contributed by atoms with Crippen LogP contribution in [0, 0.1) is 5.92 Å². The molecule has 9 heteroatoms. The predicted octanol–water partition coefficient (Wildman–Crippen LogP) is 2.68. The van der Waals surface area contributed by atoms with E-state index in [-0.39, 0.29) is 25.4 Å². The summed E-state index contributed by atoms with van der Waals surface area (Å²) in [6, 6.07) is 11.5. The van der Waals surface area contributed by atoms with Crippen LogP contribution < -0.4 is 5.32 Å². The molecule has 4 N–H and O–H groups in total. The van der Waals surface area contributed by atoms with Crippen LogP contribution in [0.5, 0.6) is 0 Å². The zero-order chi connectivity index (χ0) is 21.6. The highest BCUT2D eigenvalue weighted by Gasteiger charge is 2.25. The molecule has 1 atom stereocenters. The van der Waals surface area contributed by atoms with Crippen LogP contribution >= 0.6 is 7.60 Å². The molecule has 2 rings (SSSR count). The van der Waals surface area contributed by atoms with Gasteiger partial charge in [0.05, 0.1) is 6.16 Å². The Morgan fingerprint density at radius 1 is 1.10 bits per heavy atom. The largest absolute Gasteiger partial charge is 0.480 e. The smallest absolute Gasteiger partial charge is 0.327 e. The molecule has 0 spiro atoms. The number of benzene rings is 2. The van der Waals surface area contributed by atoms with Crippen molar-refractivity contribution in [1.29, 1.82) is 0 Å². The number of aliphatic carboxylic acids is 1. The summed E-state index contributed by atoms with van der Waals surface area (Å²) >= 11 is 0. The number of carboxylic acid groups (broad SMARTS) is 1. The Morgan fingerprint density at radius 2 is 1.76 bits per heavy atom. The van der Waals surface area contributed by atoms with Crippen molar-refractivity contribution in [3.05, 3.63) is 48.0 Å². The predicted molar refractivity (Wildman–Crippen MR) is 111 cm³/mol. The summed E-state index contributed by atoms with van der Waals surface area (Å²) in [7, 11) is -4.27. The number of hydrogen-bond donors (Lipinski definition) is 4. The first-order valence-corrected chi connectivity index (χ1v) is 11.2. The first-order chi connectivity index (χ1) is 13.5. The van der Waals surface area contributed by atoms with Gasteiger partial charge in [0, 0.05) is 19.5 Å². The molecule has 0 aromatic heterocycles. The van der Waals surface area contributed by atoms with E-state index in [0.29, 0.717) is 0 Å². The number of urea groups is 1. The number of carbonyl (C=O) groups is 2. The van der Waals surface area contributed by atoms with Gasteiger partial charge in [0.15, 0.2) is 0 Å². The Balaban J connectivity index is 2.12. The highest BCUT2D eigenvalue weighted by Crippen LogP contribution is 2.33. The lowest BCUT2D eigenvalue weighted by Crippen LogP contribution is -2.50. The zero-order valence-electron chi connectivity index (χ0n) is 16.5. The summed E-state index contributed by atoms with van der Waals surface area (Å²) in [5.41, 5.74) is 0.766. The van der Waals surface area contributed by atoms with Crippen LogP contribution in [0.3, 0.4) is 0 Å². The van der Waals surface area contributed by atoms with E-state index in [4.69, 9.17) is 9.79 Å². The van der Waals surface area contributed by atoms with Gasteiger partial charge in [-0.25, -0.2) is 9.59 Å². The van der Waals surface area contributed by atoms with Crippen molar-refractivity contribution in [1.82, 2.24) is 10.2 Å². The number of amides is 2. The van der Waals surface area contributed by atoms with Crippen LogP contribution in [0.4, 0.5) is 4.79 Å². The molecule has 0 unspecified atom stereocenters. The van der Waals surface area contributed by atoms with Crippen molar-refractivity contribution in [2.75, 3.05) is 19.3 Å². The fourth-order valence-electron chi connectivity index (χ4n) is 3.01. The second-order valence-electron chi connectivity index (χ2n) is 7.45. The molecule has 0 aliphatic carbocycles.